The molecule has 3 heteroatoms. The van der Waals surface area contributed by atoms with E-state index < -0.39 is 0 Å². The van der Waals surface area contributed by atoms with Gasteiger partial charge in [-0.3, -0.25) is 10.2 Å². The molecule has 1 N–H and O–H groups in total. The predicted octanol–water partition coefficient (Wildman–Crippen LogP) is 2.09. The van der Waals surface area contributed by atoms with E-state index in [1.54, 1.807) is 5.01 Å². The van der Waals surface area contributed by atoms with Gasteiger partial charge in [-0.2, -0.15) is 0 Å². The second-order valence-corrected chi connectivity index (χ2v) is 5.24. The summed E-state index contributed by atoms with van der Waals surface area (Å²) in [6.07, 6.45) is 6.26. The highest BCUT2D eigenvalue weighted by Gasteiger charge is 2.10. The SMILES string of the molecule is CN(C)NC(=O)CCCc1ccc2c(c1)CCC2. The molecule has 0 bridgehead atoms. The molecule has 1 aromatic carbocycles. The van der Waals surface area contributed by atoms with Gasteiger partial charge in [-0.05, 0) is 48.8 Å². The van der Waals surface area contributed by atoms with Gasteiger partial charge in [0, 0.05) is 20.5 Å². The van der Waals surface area contributed by atoms with Gasteiger partial charge in [0.25, 0.3) is 0 Å². The third-order valence-electron chi connectivity index (χ3n) is 3.38. The smallest absolute Gasteiger partial charge is 0.234 e. The highest BCUT2D eigenvalue weighted by atomic mass is 16.2. The number of carbonyl (C=O) groups is 1. The van der Waals surface area contributed by atoms with Gasteiger partial charge in [0.05, 0.1) is 0 Å². The number of hydrazine groups is 1. The van der Waals surface area contributed by atoms with Gasteiger partial charge in [0.2, 0.25) is 5.91 Å². The molecule has 0 radical (unpaired) electrons. The third-order valence-corrected chi connectivity index (χ3v) is 3.38. The maximum atomic E-state index is 11.5. The summed E-state index contributed by atoms with van der Waals surface area (Å²) in [6, 6.07) is 6.80. The van der Waals surface area contributed by atoms with Gasteiger partial charge in [-0.1, -0.05) is 18.2 Å². The van der Waals surface area contributed by atoms with Gasteiger partial charge in [0.1, 0.15) is 0 Å². The number of benzene rings is 1. The van der Waals surface area contributed by atoms with Crippen LogP contribution >= 0.6 is 0 Å². The van der Waals surface area contributed by atoms with Crippen molar-refractivity contribution in [1.29, 1.82) is 0 Å². The van der Waals surface area contributed by atoms with Gasteiger partial charge < -0.3 is 0 Å². The summed E-state index contributed by atoms with van der Waals surface area (Å²) in [5.74, 6) is 0.0983. The Morgan fingerprint density at radius 2 is 2.06 bits per heavy atom. The zero-order chi connectivity index (χ0) is 13.0. The lowest BCUT2D eigenvalue weighted by Crippen LogP contribution is -2.35. The number of carbonyl (C=O) groups excluding carboxylic acids is 1. The van der Waals surface area contributed by atoms with Crippen LogP contribution in [0.5, 0.6) is 0 Å². The molecule has 0 atom stereocenters. The molecule has 18 heavy (non-hydrogen) atoms. The molecule has 1 aromatic rings. The average molecular weight is 246 g/mol. The molecule has 0 aliphatic heterocycles. The highest BCUT2D eigenvalue weighted by Crippen LogP contribution is 2.23. The lowest BCUT2D eigenvalue weighted by Gasteiger charge is -2.11. The van der Waals surface area contributed by atoms with Gasteiger partial charge >= 0.3 is 0 Å². The molecule has 0 spiro atoms. The zero-order valence-corrected chi connectivity index (χ0v) is 11.3. The largest absolute Gasteiger partial charge is 0.289 e. The normalized spacial score (nSPS) is 13.7. The van der Waals surface area contributed by atoms with E-state index in [0.29, 0.717) is 6.42 Å². The minimum atomic E-state index is 0.0983. The lowest BCUT2D eigenvalue weighted by atomic mass is 10.0. The quantitative estimate of drug-likeness (QED) is 0.807. The molecule has 0 fully saturated rings. The van der Waals surface area contributed by atoms with Crippen LogP contribution in [0, 0.1) is 0 Å². The molecule has 0 saturated carbocycles. The Morgan fingerprint density at radius 3 is 2.83 bits per heavy atom. The molecule has 1 aliphatic carbocycles. The average Bonchev–Trinajstić information content (AvgIpc) is 2.75. The molecule has 0 aromatic heterocycles. The Morgan fingerprint density at radius 1 is 1.28 bits per heavy atom. The molecule has 0 heterocycles. The van der Waals surface area contributed by atoms with E-state index in [-0.39, 0.29) is 5.91 Å². The molecular weight excluding hydrogens is 224 g/mol. The van der Waals surface area contributed by atoms with Crippen molar-refractivity contribution in [3.8, 4) is 0 Å². The number of nitrogens with zero attached hydrogens (tertiary/aromatic N) is 1. The van der Waals surface area contributed by atoms with E-state index >= 15 is 0 Å². The summed E-state index contributed by atoms with van der Waals surface area (Å²) in [4.78, 5) is 11.5. The van der Waals surface area contributed by atoms with E-state index in [0.717, 1.165) is 12.8 Å². The number of nitrogens with one attached hydrogen (secondary N) is 1. The summed E-state index contributed by atoms with van der Waals surface area (Å²) in [7, 11) is 3.66. The Bertz CT molecular complexity index is 427. The zero-order valence-electron chi connectivity index (χ0n) is 11.3. The molecule has 0 unspecified atom stereocenters. The van der Waals surface area contributed by atoms with Crippen molar-refractivity contribution in [2.45, 2.75) is 38.5 Å². The maximum Gasteiger partial charge on any atom is 0.234 e. The van der Waals surface area contributed by atoms with Crippen molar-refractivity contribution in [1.82, 2.24) is 10.4 Å². The molecule has 1 amide bonds. The maximum absolute atomic E-state index is 11.5. The minimum absolute atomic E-state index is 0.0983. The number of fused-ring (bicyclic) bond motifs is 1. The lowest BCUT2D eigenvalue weighted by molar-refractivity contribution is -0.124. The Balaban J connectivity index is 1.78. The summed E-state index contributed by atoms with van der Waals surface area (Å²) in [6.45, 7) is 0. The predicted molar refractivity (Wildman–Crippen MR) is 73.2 cm³/mol. The van der Waals surface area contributed by atoms with Gasteiger partial charge in [-0.15, -0.1) is 0 Å². The first kappa shape index (κ1) is 13.1. The molecular formula is C15H22N2O. The van der Waals surface area contributed by atoms with Crippen molar-refractivity contribution >= 4 is 5.91 Å². The fraction of sp³-hybridized carbons (Fsp3) is 0.533. The fourth-order valence-electron chi connectivity index (χ4n) is 2.54. The van der Waals surface area contributed by atoms with Crippen LogP contribution in [0.1, 0.15) is 36.0 Å². The van der Waals surface area contributed by atoms with Crippen LogP contribution in [0.3, 0.4) is 0 Å². The van der Waals surface area contributed by atoms with E-state index in [2.05, 4.69) is 23.6 Å². The van der Waals surface area contributed by atoms with Crippen LogP contribution in [0.4, 0.5) is 0 Å². The molecule has 98 valence electrons. The van der Waals surface area contributed by atoms with Crippen LogP contribution in [0.15, 0.2) is 18.2 Å². The van der Waals surface area contributed by atoms with Gasteiger partial charge in [-0.25, -0.2) is 5.01 Å². The monoisotopic (exact) mass is 246 g/mol. The number of aryl methyl sites for hydroxylation is 3. The van der Waals surface area contributed by atoms with Crippen LogP contribution < -0.4 is 5.43 Å². The fourth-order valence-corrected chi connectivity index (χ4v) is 2.54. The first-order valence-electron chi connectivity index (χ1n) is 6.72. The van der Waals surface area contributed by atoms with Crippen molar-refractivity contribution in [3.05, 3.63) is 34.9 Å². The van der Waals surface area contributed by atoms with E-state index in [9.17, 15) is 4.79 Å². The van der Waals surface area contributed by atoms with Crippen LogP contribution in [0.25, 0.3) is 0 Å². The standard InChI is InChI=1S/C15H22N2O/c1-17(2)16-15(18)8-3-5-12-9-10-13-6-4-7-14(13)11-12/h9-11H,3-8H2,1-2H3,(H,16,18). The number of amides is 1. The van der Waals surface area contributed by atoms with Crippen LogP contribution in [-0.4, -0.2) is 25.0 Å². The third kappa shape index (κ3) is 3.57. The van der Waals surface area contributed by atoms with Crippen molar-refractivity contribution in [2.75, 3.05) is 14.1 Å². The van der Waals surface area contributed by atoms with Crippen LogP contribution in [-0.2, 0) is 24.1 Å². The van der Waals surface area contributed by atoms with Gasteiger partial charge in [0.15, 0.2) is 0 Å². The molecule has 2 rings (SSSR count). The molecule has 3 nitrogen and oxygen atoms in total. The number of hydrogen-bond acceptors (Lipinski definition) is 2. The Hall–Kier alpha value is -1.35. The summed E-state index contributed by atoms with van der Waals surface area (Å²) >= 11 is 0. The summed E-state index contributed by atoms with van der Waals surface area (Å²) in [5, 5.41) is 1.69. The summed E-state index contributed by atoms with van der Waals surface area (Å²) in [5.41, 5.74) is 7.17. The van der Waals surface area contributed by atoms with Crippen molar-refractivity contribution < 1.29 is 4.79 Å². The molecule has 1 aliphatic rings. The summed E-state index contributed by atoms with van der Waals surface area (Å²) < 4.78 is 0. The second-order valence-electron chi connectivity index (χ2n) is 5.24. The Labute approximate surface area is 109 Å². The minimum Gasteiger partial charge on any atom is -0.289 e. The topological polar surface area (TPSA) is 32.3 Å². The van der Waals surface area contributed by atoms with E-state index in [1.165, 1.54) is 36.0 Å². The number of hydrogen-bond donors (Lipinski definition) is 1. The Kier molecular flexibility index (Phi) is 4.37. The first-order valence-corrected chi connectivity index (χ1v) is 6.72. The number of rotatable bonds is 5. The molecule has 0 saturated heterocycles. The van der Waals surface area contributed by atoms with Crippen molar-refractivity contribution in [3.63, 3.8) is 0 Å². The van der Waals surface area contributed by atoms with Crippen molar-refractivity contribution in [2.24, 2.45) is 0 Å². The van der Waals surface area contributed by atoms with E-state index in [1.807, 2.05) is 14.1 Å². The van der Waals surface area contributed by atoms with E-state index in [4.69, 9.17) is 0 Å². The first-order chi connectivity index (χ1) is 8.65. The highest BCUT2D eigenvalue weighted by molar-refractivity contribution is 5.75. The second kappa shape index (κ2) is 6.01. The van der Waals surface area contributed by atoms with Crippen LogP contribution in [0.2, 0.25) is 0 Å².